The van der Waals surface area contributed by atoms with Crippen LogP contribution in [0, 0.1) is 11.8 Å². The van der Waals surface area contributed by atoms with Gasteiger partial charge in [0.05, 0.1) is 18.2 Å². The number of hydrogen-bond acceptors (Lipinski definition) is 4. The average Bonchev–Trinajstić information content (AvgIpc) is 3.16. The highest BCUT2D eigenvalue weighted by Gasteiger charge is 2.34. The summed E-state index contributed by atoms with van der Waals surface area (Å²) < 4.78 is 11.3. The van der Waals surface area contributed by atoms with Gasteiger partial charge < -0.3 is 19.9 Å². The molecule has 2 atom stereocenters. The van der Waals surface area contributed by atoms with E-state index in [1.54, 1.807) is 24.3 Å². The lowest BCUT2D eigenvalue weighted by atomic mass is 10.0. The van der Waals surface area contributed by atoms with Crippen LogP contribution in [0.3, 0.4) is 0 Å². The van der Waals surface area contributed by atoms with Crippen molar-refractivity contribution in [2.24, 2.45) is 11.8 Å². The summed E-state index contributed by atoms with van der Waals surface area (Å²) in [4.78, 5) is 23.6. The minimum atomic E-state index is -0.829. The van der Waals surface area contributed by atoms with Crippen LogP contribution in [-0.4, -0.2) is 23.6 Å². The first-order chi connectivity index (χ1) is 13.1. The van der Waals surface area contributed by atoms with E-state index < -0.39 is 11.9 Å². The van der Waals surface area contributed by atoms with Crippen molar-refractivity contribution in [3.8, 4) is 17.2 Å². The SMILES string of the molecule is CCOc1ccc(Oc2ccccc2NC(=O)[C@@H]2CC[C@H](C(=O)O)C2)cc1. The number of carboxylic acid groups (broad SMARTS) is 1. The number of aliphatic carboxylic acids is 1. The zero-order chi connectivity index (χ0) is 19.2. The molecule has 142 valence electrons. The van der Waals surface area contributed by atoms with Gasteiger partial charge in [-0.05, 0) is 62.6 Å². The van der Waals surface area contributed by atoms with Gasteiger partial charge in [-0.3, -0.25) is 9.59 Å². The van der Waals surface area contributed by atoms with Crippen molar-refractivity contribution < 1.29 is 24.2 Å². The third kappa shape index (κ3) is 4.78. The Morgan fingerprint density at radius 3 is 2.37 bits per heavy atom. The molecule has 6 nitrogen and oxygen atoms in total. The number of benzene rings is 2. The van der Waals surface area contributed by atoms with Crippen LogP contribution in [-0.2, 0) is 9.59 Å². The number of carbonyl (C=O) groups is 2. The van der Waals surface area contributed by atoms with Crippen LogP contribution in [0.5, 0.6) is 17.2 Å². The Morgan fingerprint density at radius 2 is 1.70 bits per heavy atom. The van der Waals surface area contributed by atoms with Crippen molar-refractivity contribution in [1.82, 2.24) is 0 Å². The van der Waals surface area contributed by atoms with E-state index >= 15 is 0 Å². The van der Waals surface area contributed by atoms with E-state index in [9.17, 15) is 9.59 Å². The Bertz CT molecular complexity index is 802. The molecule has 2 N–H and O–H groups in total. The summed E-state index contributed by atoms with van der Waals surface area (Å²) >= 11 is 0. The van der Waals surface area contributed by atoms with Gasteiger partial charge in [-0.2, -0.15) is 0 Å². The minimum Gasteiger partial charge on any atom is -0.494 e. The first-order valence-corrected chi connectivity index (χ1v) is 9.10. The first-order valence-electron chi connectivity index (χ1n) is 9.10. The zero-order valence-corrected chi connectivity index (χ0v) is 15.2. The molecule has 0 saturated heterocycles. The number of hydrogen-bond donors (Lipinski definition) is 2. The molecule has 0 unspecified atom stereocenters. The molecule has 0 spiro atoms. The fourth-order valence-electron chi connectivity index (χ4n) is 3.24. The number of ether oxygens (including phenoxy) is 2. The predicted octanol–water partition coefficient (Wildman–Crippen LogP) is 4.32. The third-order valence-corrected chi connectivity index (χ3v) is 4.66. The molecular formula is C21H23NO5. The Kier molecular flexibility index (Phi) is 5.96. The van der Waals surface area contributed by atoms with Gasteiger partial charge in [0.15, 0.2) is 5.75 Å². The van der Waals surface area contributed by atoms with Gasteiger partial charge in [0.25, 0.3) is 0 Å². The highest BCUT2D eigenvalue weighted by Crippen LogP contribution is 2.34. The molecule has 1 saturated carbocycles. The molecule has 6 heteroatoms. The lowest BCUT2D eigenvalue weighted by Gasteiger charge is -2.15. The molecule has 0 bridgehead atoms. The molecule has 0 heterocycles. The summed E-state index contributed by atoms with van der Waals surface area (Å²) in [5, 5.41) is 12.0. The normalized spacial score (nSPS) is 18.7. The van der Waals surface area contributed by atoms with Crippen molar-refractivity contribution in [3.63, 3.8) is 0 Å². The first kappa shape index (κ1) is 18.8. The quantitative estimate of drug-likeness (QED) is 0.759. The molecule has 27 heavy (non-hydrogen) atoms. The second kappa shape index (κ2) is 8.58. The highest BCUT2D eigenvalue weighted by molar-refractivity contribution is 5.94. The molecule has 1 aliphatic rings. The maximum absolute atomic E-state index is 12.5. The number of anilines is 1. The maximum Gasteiger partial charge on any atom is 0.306 e. The lowest BCUT2D eigenvalue weighted by Crippen LogP contribution is -2.22. The van der Waals surface area contributed by atoms with Crippen LogP contribution < -0.4 is 14.8 Å². The Morgan fingerprint density at radius 1 is 1.04 bits per heavy atom. The topological polar surface area (TPSA) is 84.9 Å². The average molecular weight is 369 g/mol. The van der Waals surface area contributed by atoms with E-state index in [0.717, 1.165) is 5.75 Å². The van der Waals surface area contributed by atoms with Crippen LogP contribution in [0.2, 0.25) is 0 Å². The van der Waals surface area contributed by atoms with E-state index in [1.165, 1.54) is 0 Å². The van der Waals surface area contributed by atoms with E-state index in [2.05, 4.69) is 5.32 Å². The smallest absolute Gasteiger partial charge is 0.306 e. The van der Waals surface area contributed by atoms with Crippen molar-refractivity contribution in [1.29, 1.82) is 0 Å². The number of carbonyl (C=O) groups excluding carboxylic acids is 1. The second-order valence-electron chi connectivity index (χ2n) is 6.54. The maximum atomic E-state index is 12.5. The van der Waals surface area contributed by atoms with Crippen LogP contribution in [0.15, 0.2) is 48.5 Å². The Labute approximate surface area is 158 Å². The van der Waals surface area contributed by atoms with Gasteiger partial charge in [-0.15, -0.1) is 0 Å². The second-order valence-corrected chi connectivity index (χ2v) is 6.54. The summed E-state index contributed by atoms with van der Waals surface area (Å²) in [5.74, 6) is 0.210. The molecule has 1 amide bonds. The Hall–Kier alpha value is -3.02. The molecule has 0 aliphatic heterocycles. The number of rotatable bonds is 7. The molecular weight excluding hydrogens is 346 g/mol. The summed E-state index contributed by atoms with van der Waals surface area (Å²) in [7, 11) is 0. The molecule has 2 aromatic carbocycles. The lowest BCUT2D eigenvalue weighted by molar-refractivity contribution is -0.141. The summed E-state index contributed by atoms with van der Waals surface area (Å²) in [5.41, 5.74) is 0.565. The van der Waals surface area contributed by atoms with Gasteiger partial charge >= 0.3 is 5.97 Å². The molecule has 1 aliphatic carbocycles. The van der Waals surface area contributed by atoms with E-state index in [4.69, 9.17) is 14.6 Å². The van der Waals surface area contributed by atoms with Crippen molar-refractivity contribution >= 4 is 17.6 Å². The minimum absolute atomic E-state index is 0.165. The summed E-state index contributed by atoms with van der Waals surface area (Å²) in [6, 6.07) is 14.4. The van der Waals surface area contributed by atoms with Gasteiger partial charge in [-0.1, -0.05) is 12.1 Å². The third-order valence-electron chi connectivity index (χ3n) is 4.66. The predicted molar refractivity (Wildman–Crippen MR) is 101 cm³/mol. The van der Waals surface area contributed by atoms with Crippen molar-refractivity contribution in [2.75, 3.05) is 11.9 Å². The van der Waals surface area contributed by atoms with Gasteiger partial charge in [0.1, 0.15) is 11.5 Å². The number of carboxylic acids is 1. The highest BCUT2D eigenvalue weighted by atomic mass is 16.5. The molecule has 3 rings (SSSR count). The van der Waals surface area contributed by atoms with Gasteiger partial charge in [0, 0.05) is 5.92 Å². The van der Waals surface area contributed by atoms with E-state index in [1.807, 2.05) is 31.2 Å². The van der Waals surface area contributed by atoms with E-state index in [0.29, 0.717) is 43.1 Å². The zero-order valence-electron chi connectivity index (χ0n) is 15.2. The number of amides is 1. The van der Waals surface area contributed by atoms with Gasteiger partial charge in [0.2, 0.25) is 5.91 Å². The Balaban J connectivity index is 1.67. The molecule has 1 fully saturated rings. The fourth-order valence-corrected chi connectivity index (χ4v) is 3.24. The van der Waals surface area contributed by atoms with Crippen molar-refractivity contribution in [3.05, 3.63) is 48.5 Å². The summed E-state index contributed by atoms with van der Waals surface area (Å²) in [6.07, 6.45) is 1.51. The molecule has 2 aromatic rings. The van der Waals surface area contributed by atoms with Crippen LogP contribution >= 0.6 is 0 Å². The number of para-hydroxylation sites is 2. The fraction of sp³-hybridized carbons (Fsp3) is 0.333. The number of nitrogens with one attached hydrogen (secondary N) is 1. The van der Waals surface area contributed by atoms with Crippen LogP contribution in [0.25, 0.3) is 0 Å². The van der Waals surface area contributed by atoms with Crippen LogP contribution in [0.4, 0.5) is 5.69 Å². The summed E-state index contributed by atoms with van der Waals surface area (Å²) in [6.45, 7) is 2.52. The largest absolute Gasteiger partial charge is 0.494 e. The molecule has 0 aromatic heterocycles. The van der Waals surface area contributed by atoms with Crippen molar-refractivity contribution in [2.45, 2.75) is 26.2 Å². The monoisotopic (exact) mass is 369 g/mol. The molecule has 0 radical (unpaired) electrons. The van der Waals surface area contributed by atoms with Crippen LogP contribution in [0.1, 0.15) is 26.2 Å². The van der Waals surface area contributed by atoms with Gasteiger partial charge in [-0.25, -0.2) is 0 Å². The standard InChI is InChI=1S/C21H23NO5/c1-2-26-16-9-11-17(12-10-16)27-19-6-4-3-5-18(19)22-20(23)14-7-8-15(13-14)21(24)25/h3-6,9-12,14-15H,2,7-8,13H2,1H3,(H,22,23)(H,24,25)/t14-,15+/m1/s1. The van der Waals surface area contributed by atoms with E-state index in [-0.39, 0.29) is 11.8 Å².